The van der Waals surface area contributed by atoms with E-state index in [-0.39, 0.29) is 12.1 Å². The fourth-order valence-corrected chi connectivity index (χ4v) is 1.94. The number of nitrogens with zero attached hydrogens (tertiary/aromatic N) is 2. The molecule has 22 heavy (non-hydrogen) atoms. The molecule has 0 fully saturated rings. The van der Waals surface area contributed by atoms with Crippen LogP contribution in [0.25, 0.3) is 0 Å². The summed E-state index contributed by atoms with van der Waals surface area (Å²) in [7, 11) is 0. The van der Waals surface area contributed by atoms with E-state index in [0.29, 0.717) is 12.1 Å². The maximum absolute atomic E-state index is 12.6. The Kier molecular flexibility index (Phi) is 4.75. The predicted octanol–water partition coefficient (Wildman–Crippen LogP) is 3.24. The van der Waals surface area contributed by atoms with E-state index >= 15 is 0 Å². The first-order chi connectivity index (χ1) is 10.4. The third-order valence-corrected chi connectivity index (χ3v) is 3.01. The molecule has 4 nitrogen and oxygen atoms in total. The molecule has 2 rings (SSSR count). The number of carbonyl (C=O) groups is 1. The first-order valence-electron chi connectivity index (χ1n) is 6.66. The molecule has 0 saturated carbocycles. The second-order valence-electron chi connectivity index (χ2n) is 4.62. The van der Waals surface area contributed by atoms with E-state index in [4.69, 9.17) is 0 Å². The van der Waals surface area contributed by atoms with Gasteiger partial charge in [-0.05, 0) is 30.2 Å². The Morgan fingerprint density at radius 2 is 2.05 bits per heavy atom. The van der Waals surface area contributed by atoms with Crippen LogP contribution in [0.15, 0.2) is 36.7 Å². The minimum Gasteiger partial charge on any atom is -0.324 e. The Hall–Kier alpha value is -2.44. The average molecular weight is 309 g/mol. The van der Waals surface area contributed by atoms with Gasteiger partial charge in [-0.3, -0.25) is 9.78 Å². The number of halogens is 3. The SMILES string of the molecule is CCc1ccncc1NC(=O)Cc1cccc(C(F)(F)F)n1. The second kappa shape index (κ2) is 6.55. The number of anilines is 1. The third kappa shape index (κ3) is 4.03. The largest absolute Gasteiger partial charge is 0.433 e. The van der Waals surface area contributed by atoms with Gasteiger partial charge in [0.15, 0.2) is 0 Å². The zero-order chi connectivity index (χ0) is 16.2. The maximum Gasteiger partial charge on any atom is 0.433 e. The molecule has 1 amide bonds. The van der Waals surface area contributed by atoms with Crippen molar-refractivity contribution in [2.45, 2.75) is 25.9 Å². The lowest BCUT2D eigenvalue weighted by atomic mass is 10.1. The molecule has 0 radical (unpaired) electrons. The van der Waals surface area contributed by atoms with Gasteiger partial charge >= 0.3 is 6.18 Å². The Balaban J connectivity index is 2.09. The van der Waals surface area contributed by atoms with Gasteiger partial charge in [0, 0.05) is 6.20 Å². The van der Waals surface area contributed by atoms with Crippen molar-refractivity contribution in [2.24, 2.45) is 0 Å². The summed E-state index contributed by atoms with van der Waals surface area (Å²) in [5, 5.41) is 2.65. The smallest absolute Gasteiger partial charge is 0.324 e. The first kappa shape index (κ1) is 15.9. The number of aromatic nitrogens is 2. The molecule has 2 aromatic rings. The van der Waals surface area contributed by atoms with Crippen LogP contribution in [-0.2, 0) is 23.8 Å². The topological polar surface area (TPSA) is 54.9 Å². The number of carbonyl (C=O) groups excluding carboxylic acids is 1. The van der Waals surface area contributed by atoms with Gasteiger partial charge < -0.3 is 5.32 Å². The van der Waals surface area contributed by atoms with Crippen molar-refractivity contribution in [2.75, 3.05) is 5.32 Å². The molecule has 0 bridgehead atoms. The molecule has 0 aliphatic carbocycles. The van der Waals surface area contributed by atoms with Gasteiger partial charge in [0.1, 0.15) is 5.69 Å². The minimum absolute atomic E-state index is 0.0641. The molecule has 0 aliphatic rings. The summed E-state index contributed by atoms with van der Waals surface area (Å²) in [5.41, 5.74) is 0.519. The molecular formula is C15H14F3N3O. The van der Waals surface area contributed by atoms with Crippen LogP contribution in [0, 0.1) is 0 Å². The molecule has 0 saturated heterocycles. The number of alkyl halides is 3. The van der Waals surface area contributed by atoms with E-state index < -0.39 is 17.8 Å². The Bertz CT molecular complexity index is 671. The van der Waals surface area contributed by atoms with Crippen LogP contribution < -0.4 is 5.32 Å². The molecular weight excluding hydrogens is 295 g/mol. The summed E-state index contributed by atoms with van der Waals surface area (Å²) in [4.78, 5) is 19.3. The monoisotopic (exact) mass is 309 g/mol. The molecule has 7 heteroatoms. The van der Waals surface area contributed by atoms with Crippen LogP contribution in [0.4, 0.5) is 18.9 Å². The summed E-state index contributed by atoms with van der Waals surface area (Å²) >= 11 is 0. The van der Waals surface area contributed by atoms with Crippen LogP contribution in [0.2, 0.25) is 0 Å². The van der Waals surface area contributed by atoms with Crippen LogP contribution >= 0.6 is 0 Å². The lowest BCUT2D eigenvalue weighted by Gasteiger charge is -2.10. The summed E-state index contributed by atoms with van der Waals surface area (Å²) in [6.07, 6.45) is -0.924. The number of hydrogen-bond donors (Lipinski definition) is 1. The van der Waals surface area contributed by atoms with Crippen molar-refractivity contribution in [3.05, 3.63) is 53.6 Å². The average Bonchev–Trinajstić information content (AvgIpc) is 2.47. The highest BCUT2D eigenvalue weighted by atomic mass is 19.4. The van der Waals surface area contributed by atoms with Crippen molar-refractivity contribution < 1.29 is 18.0 Å². The molecule has 116 valence electrons. The van der Waals surface area contributed by atoms with Gasteiger partial charge in [0.2, 0.25) is 5.91 Å². The van der Waals surface area contributed by atoms with E-state index in [1.165, 1.54) is 18.3 Å². The number of hydrogen-bond acceptors (Lipinski definition) is 3. The zero-order valence-corrected chi connectivity index (χ0v) is 11.8. The summed E-state index contributed by atoms with van der Waals surface area (Å²) in [5.74, 6) is -0.436. The van der Waals surface area contributed by atoms with Crippen LogP contribution in [-0.4, -0.2) is 15.9 Å². The van der Waals surface area contributed by atoms with E-state index in [1.807, 2.05) is 6.92 Å². The van der Waals surface area contributed by atoms with Gasteiger partial charge in [-0.2, -0.15) is 13.2 Å². The van der Waals surface area contributed by atoms with Crippen LogP contribution in [0.3, 0.4) is 0 Å². The van der Waals surface area contributed by atoms with Crippen molar-refractivity contribution in [3.8, 4) is 0 Å². The van der Waals surface area contributed by atoms with Crippen molar-refractivity contribution in [3.63, 3.8) is 0 Å². The minimum atomic E-state index is -4.52. The van der Waals surface area contributed by atoms with Gasteiger partial charge in [0.25, 0.3) is 0 Å². The van der Waals surface area contributed by atoms with Crippen LogP contribution in [0.1, 0.15) is 23.9 Å². The maximum atomic E-state index is 12.6. The molecule has 1 N–H and O–H groups in total. The standard InChI is InChI=1S/C15H14F3N3O/c1-2-10-6-7-19-9-12(10)21-14(22)8-11-4-3-5-13(20-11)15(16,17)18/h3-7,9H,2,8H2,1H3,(H,21,22). The molecule has 0 spiro atoms. The lowest BCUT2D eigenvalue weighted by molar-refractivity contribution is -0.141. The van der Waals surface area contributed by atoms with Gasteiger partial charge in [-0.15, -0.1) is 0 Å². The Labute approximate surface area is 125 Å². The third-order valence-electron chi connectivity index (χ3n) is 3.01. The molecule has 0 aromatic carbocycles. The Morgan fingerprint density at radius 3 is 2.73 bits per heavy atom. The first-order valence-corrected chi connectivity index (χ1v) is 6.66. The van der Waals surface area contributed by atoms with Gasteiger partial charge in [-0.25, -0.2) is 4.98 Å². The van der Waals surface area contributed by atoms with Crippen LogP contribution in [0.5, 0.6) is 0 Å². The normalized spacial score (nSPS) is 11.3. The molecule has 0 aliphatic heterocycles. The highest BCUT2D eigenvalue weighted by Crippen LogP contribution is 2.27. The van der Waals surface area contributed by atoms with Crippen molar-refractivity contribution in [1.29, 1.82) is 0 Å². The Morgan fingerprint density at radius 1 is 1.27 bits per heavy atom. The molecule has 2 aromatic heterocycles. The second-order valence-corrected chi connectivity index (χ2v) is 4.62. The van der Waals surface area contributed by atoms with E-state index in [0.717, 1.165) is 11.6 Å². The zero-order valence-electron chi connectivity index (χ0n) is 11.8. The van der Waals surface area contributed by atoms with E-state index in [1.54, 1.807) is 12.3 Å². The number of nitrogens with one attached hydrogen (secondary N) is 1. The van der Waals surface area contributed by atoms with E-state index in [2.05, 4.69) is 15.3 Å². The fraction of sp³-hybridized carbons (Fsp3) is 0.267. The number of rotatable bonds is 4. The number of aryl methyl sites for hydroxylation is 1. The summed E-state index contributed by atoms with van der Waals surface area (Å²) in [6.45, 7) is 1.93. The summed E-state index contributed by atoms with van der Waals surface area (Å²) < 4.78 is 37.7. The van der Waals surface area contributed by atoms with E-state index in [9.17, 15) is 18.0 Å². The molecule has 2 heterocycles. The molecule has 0 atom stereocenters. The highest BCUT2D eigenvalue weighted by molar-refractivity contribution is 5.92. The lowest BCUT2D eigenvalue weighted by Crippen LogP contribution is -2.17. The van der Waals surface area contributed by atoms with Crippen molar-refractivity contribution >= 4 is 11.6 Å². The quantitative estimate of drug-likeness (QED) is 0.943. The number of pyridine rings is 2. The van der Waals surface area contributed by atoms with Crippen molar-refractivity contribution in [1.82, 2.24) is 9.97 Å². The highest BCUT2D eigenvalue weighted by Gasteiger charge is 2.32. The molecule has 0 unspecified atom stereocenters. The van der Waals surface area contributed by atoms with Gasteiger partial charge in [0.05, 0.1) is 24.0 Å². The number of amides is 1. The summed E-state index contributed by atoms with van der Waals surface area (Å²) in [6, 6.07) is 5.27. The fourth-order valence-electron chi connectivity index (χ4n) is 1.94. The van der Waals surface area contributed by atoms with Gasteiger partial charge in [-0.1, -0.05) is 13.0 Å². The predicted molar refractivity (Wildman–Crippen MR) is 75.2 cm³/mol.